The summed E-state index contributed by atoms with van der Waals surface area (Å²) in [4.78, 5) is 45.5. The van der Waals surface area contributed by atoms with Crippen molar-refractivity contribution < 1.29 is 68.8 Å². The molecule has 3 aliphatic heterocycles. The normalized spacial score (nSPS) is 13.1. The van der Waals surface area contributed by atoms with Gasteiger partial charge in [-0.1, -0.05) is 236 Å². The van der Waals surface area contributed by atoms with E-state index in [0.29, 0.717) is 53.4 Å². The van der Waals surface area contributed by atoms with Gasteiger partial charge in [0.2, 0.25) is 0 Å². The SMILES string of the molecule is CN1c2ccccc2C(C)(C)c2cc[c-]c(-c3ccccn3)c21.[2H]C([2H])([2H])N1c2cc[c-]c(-c3ccccn3)c2[Se]c2c1ccc(C)c2C.[Ir].[Ir].[Ir].[c-]1ccc2c(c1-c1ccccn1)[Se]c1ccccc1[Se]2.[c-]1ccc2c(oc3ccccc32)c1-c1ccccn1.[c-]1ccc2c(sc3ccccc32)c1-c1ccc(-c2nc(-c3ccccc3)nc(-c3ccccc3)n2)cn1.[c-]1ccc2c3ccccc3n(C3CCCC3)c2c1-c1ccccn1. The zero-order chi connectivity index (χ0) is 101. The Hall–Kier alpha value is -14.1. The van der Waals surface area contributed by atoms with Gasteiger partial charge < -0.3 is 33.8 Å². The number of para-hydroxylation sites is 3. The average Bonchev–Trinajstić information content (AvgIpc) is 1.03. The van der Waals surface area contributed by atoms with Crippen LogP contribution in [0.25, 0.3) is 166 Å². The summed E-state index contributed by atoms with van der Waals surface area (Å²) >= 11 is 2.52. The molecular formula is C129H94Ir3N12OSSe3-6. The van der Waals surface area contributed by atoms with E-state index in [1.807, 2.05) is 237 Å². The Morgan fingerprint density at radius 2 is 0.852 bits per heavy atom. The molecule has 1 saturated carbocycles. The van der Waals surface area contributed by atoms with Crippen molar-refractivity contribution in [1.82, 2.24) is 49.4 Å². The smallest absolute Gasteiger partial charge is 0.165 e. The van der Waals surface area contributed by atoms with Crippen LogP contribution in [0.1, 0.15) is 71.9 Å². The molecule has 1 fully saturated rings. The van der Waals surface area contributed by atoms with Gasteiger partial charge in [0.1, 0.15) is 5.58 Å². The Morgan fingerprint density at radius 1 is 0.362 bits per heavy atom. The fraction of sp³-hybridized carbons (Fsp3) is 0.0930. The molecule has 0 spiro atoms. The maximum Gasteiger partial charge on any atom is 0.165 e. The largest absolute Gasteiger partial charge is 0.501 e. The van der Waals surface area contributed by atoms with E-state index < -0.39 is 6.98 Å². The van der Waals surface area contributed by atoms with Crippen molar-refractivity contribution >= 4 is 170 Å². The van der Waals surface area contributed by atoms with Crippen LogP contribution in [-0.2, 0) is 65.7 Å². The molecular weight excluding hydrogens is 2580 g/mol. The quantitative estimate of drug-likeness (QED) is 0.0951. The minimum absolute atomic E-state index is 0. The second-order valence-corrected chi connectivity index (χ2v) is 43.9. The first-order valence-corrected chi connectivity index (χ1v) is 54.5. The summed E-state index contributed by atoms with van der Waals surface area (Å²) in [6.45, 7) is 6.47. The van der Waals surface area contributed by atoms with Crippen LogP contribution in [-0.4, -0.2) is 108 Å². The number of nitrogens with zero attached hydrogens (tertiary/aromatic N) is 12. The number of pyridine rings is 6. The van der Waals surface area contributed by atoms with Crippen LogP contribution in [0, 0.1) is 50.2 Å². The van der Waals surface area contributed by atoms with Gasteiger partial charge in [-0.2, -0.15) is 11.3 Å². The number of aryl methyl sites for hydroxylation is 1. The van der Waals surface area contributed by atoms with E-state index in [0.717, 1.165) is 121 Å². The van der Waals surface area contributed by atoms with Crippen LogP contribution in [0.3, 0.4) is 0 Å². The van der Waals surface area contributed by atoms with Crippen molar-refractivity contribution in [3.63, 3.8) is 0 Å². The van der Waals surface area contributed by atoms with E-state index in [9.17, 15) is 0 Å². The molecule has 4 aliphatic rings. The molecule has 0 unspecified atom stereocenters. The van der Waals surface area contributed by atoms with Crippen molar-refractivity contribution in [2.75, 3.05) is 23.8 Å². The number of furan rings is 1. The van der Waals surface area contributed by atoms with E-state index in [1.165, 1.54) is 130 Å². The summed E-state index contributed by atoms with van der Waals surface area (Å²) in [5, 5.41) is 7.39. The van der Waals surface area contributed by atoms with Crippen molar-refractivity contribution in [2.45, 2.75) is 64.8 Å². The van der Waals surface area contributed by atoms with Gasteiger partial charge in [0.25, 0.3) is 0 Å². The second-order valence-electron chi connectivity index (χ2n) is 36.2. The molecule has 13 heterocycles. The fourth-order valence-corrected chi connectivity index (χ4v) is 29.4. The summed E-state index contributed by atoms with van der Waals surface area (Å²) < 4.78 is 43.5. The summed E-state index contributed by atoms with van der Waals surface area (Å²) in [5.41, 5.74) is 27.9. The molecule has 733 valence electrons. The van der Waals surface area contributed by atoms with Crippen LogP contribution in [0.4, 0.5) is 22.7 Å². The average molecular weight is 2680 g/mol. The molecule has 3 radical (unpaired) electrons. The first-order chi connectivity index (χ1) is 73.1. The molecule has 0 bridgehead atoms. The van der Waals surface area contributed by atoms with Crippen molar-refractivity contribution in [3.05, 3.63) is 466 Å². The molecule has 0 N–H and O–H groups in total. The van der Waals surface area contributed by atoms with E-state index >= 15 is 0 Å². The van der Waals surface area contributed by atoms with E-state index in [-0.39, 0.29) is 80.7 Å². The first kappa shape index (κ1) is 98.3. The molecule has 10 aromatic heterocycles. The van der Waals surface area contributed by atoms with Crippen molar-refractivity contribution in [2.24, 2.45) is 0 Å². The number of thiophene rings is 1. The zero-order valence-corrected chi connectivity index (χ0v) is 94.6. The maximum atomic E-state index is 8.13. The molecule has 0 atom stereocenters. The Morgan fingerprint density at radius 3 is 1.49 bits per heavy atom. The van der Waals surface area contributed by atoms with Crippen LogP contribution < -0.4 is 36.6 Å². The predicted octanol–water partition coefficient (Wildman–Crippen LogP) is 26.3. The number of anilines is 4. The van der Waals surface area contributed by atoms with Gasteiger partial charge in [0.15, 0.2) is 17.5 Å². The van der Waals surface area contributed by atoms with Gasteiger partial charge >= 0.3 is 278 Å². The molecule has 13 nitrogen and oxygen atoms in total. The van der Waals surface area contributed by atoms with Crippen LogP contribution >= 0.6 is 11.3 Å². The molecule has 24 aromatic rings. The Labute approximate surface area is 935 Å². The third-order valence-corrected chi connectivity index (χ3v) is 37.2. The minimum atomic E-state index is -2.26. The summed E-state index contributed by atoms with van der Waals surface area (Å²) in [7, 11) is 2.13. The summed E-state index contributed by atoms with van der Waals surface area (Å²) in [5.74, 6) is 1.87. The number of hydrogen-bond acceptors (Lipinski definition) is 13. The Balaban J connectivity index is 0.000000111. The molecule has 14 aromatic carbocycles. The number of fused-ring (bicyclic) bond motifs is 15. The van der Waals surface area contributed by atoms with E-state index in [4.69, 9.17) is 28.5 Å². The number of aromatic nitrogens is 10. The van der Waals surface area contributed by atoms with Gasteiger partial charge in [-0.3, -0.25) is 0 Å². The number of hydrogen-bond donors (Lipinski definition) is 0. The standard InChI is InChI=1S/C32H19N4S.C22H19N2.C21H19N2.C20H17N2Se.C17H10NO.C17H10NSe2.3Ir/c1-3-10-21(11-4-1)30-34-31(22-12-5-2-6-13-22)36-32(35-30)23-18-19-27(33-20-23)26-16-9-15-25-24-14-7-8-17-28(24)37-29(25)26;1-2-9-16(8-1)24-21-14-4-3-10-17(21)18-11-7-12-19(22(18)24)20-13-5-6-15-23-20;1-21(2)16-10-4-5-13-19(16)23(3)20-15(9-8-11-17(20)21)18-12-6-7-14-22-18;1-13-10-11-18-19(14(13)2)23-20-15(16-8-4-5-12-21-16)7-6-9-17(20)22(18)3;1-2-10-16-12(6-1)13-7-5-8-14(17(13)19-16)15-9-3-4-11-18-15;1-2-9-15-14(8-1)19-16-10-5-6-12(17(16)20-15)13-7-3-4-11-18-13;;;/h1-15,17-20H;3-7,10-11,13-16H,1-2,8-9H2;4-8,10-14H,1-3H3;4-6,8-12H,1-3H3;1-7,9-11H;1-5,7-11H;;;/q6*-1;;;/i;;;3D3;;;;;. The summed E-state index contributed by atoms with van der Waals surface area (Å²) in [6.07, 6.45) is 16.1. The molecule has 20 heteroatoms. The molecule has 149 heavy (non-hydrogen) atoms. The number of rotatable bonds is 10. The van der Waals surface area contributed by atoms with Crippen molar-refractivity contribution in [3.8, 4) is 102 Å². The Kier molecular flexibility index (Phi) is 30.3. The van der Waals surface area contributed by atoms with Gasteiger partial charge in [0.05, 0.1) is 5.58 Å². The van der Waals surface area contributed by atoms with E-state index in [2.05, 4.69) is 257 Å². The number of benzene rings is 14. The van der Waals surface area contributed by atoms with Gasteiger partial charge in [0, 0.05) is 142 Å². The fourth-order valence-electron chi connectivity index (χ4n) is 19.7. The van der Waals surface area contributed by atoms with Crippen molar-refractivity contribution in [1.29, 1.82) is 0 Å². The minimum Gasteiger partial charge on any atom is -0.501 e. The molecule has 0 saturated heterocycles. The molecule has 0 amide bonds. The Bertz CT molecular complexity index is 8980. The monoisotopic (exact) mass is 2680 g/mol. The first-order valence-electron chi connectivity index (χ1n) is 50.1. The second kappa shape index (κ2) is 45.9. The third-order valence-electron chi connectivity index (χ3n) is 27.0. The topological polar surface area (TPSA) is 141 Å². The molecule has 1 aliphatic carbocycles. The summed E-state index contributed by atoms with van der Waals surface area (Å²) in [6, 6.07) is 146. The van der Waals surface area contributed by atoms with Gasteiger partial charge in [-0.05, 0) is 110 Å². The van der Waals surface area contributed by atoms with Crippen LogP contribution in [0.15, 0.2) is 412 Å². The zero-order valence-electron chi connectivity index (χ0n) is 84.5. The predicted molar refractivity (Wildman–Crippen MR) is 604 cm³/mol. The third kappa shape index (κ3) is 20.8. The van der Waals surface area contributed by atoms with Gasteiger partial charge in [-0.25, -0.2) is 15.0 Å². The molecule has 28 rings (SSSR count). The van der Waals surface area contributed by atoms with Crippen LogP contribution in [0.2, 0.25) is 0 Å². The maximum absolute atomic E-state index is 8.13. The van der Waals surface area contributed by atoms with Gasteiger partial charge in [-0.15, -0.1) is 89.5 Å². The van der Waals surface area contributed by atoms with Crippen LogP contribution in [0.5, 0.6) is 0 Å². The van der Waals surface area contributed by atoms with E-state index in [1.54, 1.807) is 29.8 Å².